The fourth-order valence-corrected chi connectivity index (χ4v) is 2.22. The predicted molar refractivity (Wildman–Crippen MR) is 54.3 cm³/mol. The van der Waals surface area contributed by atoms with E-state index in [0.717, 1.165) is 30.6 Å². The molecule has 0 aromatic carbocycles. The highest BCUT2D eigenvalue weighted by molar-refractivity contribution is 7.99. The highest BCUT2D eigenvalue weighted by Gasteiger charge is 2.14. The minimum atomic E-state index is 0.297. The van der Waals surface area contributed by atoms with Gasteiger partial charge in [-0.15, -0.1) is 0 Å². The predicted octanol–water partition coefficient (Wildman–Crippen LogP) is -0.104. The van der Waals surface area contributed by atoms with Crippen LogP contribution >= 0.6 is 11.8 Å². The molecule has 1 N–H and O–H groups in total. The number of rotatable bonds is 3. The van der Waals surface area contributed by atoms with E-state index in [2.05, 4.69) is 15.4 Å². The Balaban J connectivity index is 1.79. The summed E-state index contributed by atoms with van der Waals surface area (Å²) >= 11 is 1.68. The van der Waals surface area contributed by atoms with Gasteiger partial charge in [-0.25, -0.2) is 9.67 Å². The van der Waals surface area contributed by atoms with Crippen molar-refractivity contribution in [1.29, 1.82) is 0 Å². The Bertz CT molecular complexity index is 285. The van der Waals surface area contributed by atoms with Gasteiger partial charge in [0.25, 0.3) is 0 Å². The molecule has 2 heterocycles. The van der Waals surface area contributed by atoms with Crippen LogP contribution in [0.1, 0.15) is 0 Å². The van der Waals surface area contributed by atoms with Crippen molar-refractivity contribution in [1.82, 2.24) is 20.1 Å². The topological polar surface area (TPSA) is 52.0 Å². The van der Waals surface area contributed by atoms with Gasteiger partial charge in [0.15, 0.2) is 5.16 Å². The SMILES string of the molecule is Cn1ncnc1SCC1CNCCO1. The largest absolute Gasteiger partial charge is 0.375 e. The molecule has 2 rings (SSSR count). The number of hydrogen-bond donors (Lipinski definition) is 1. The van der Waals surface area contributed by atoms with Gasteiger partial charge in [0.1, 0.15) is 6.33 Å². The molecule has 0 saturated carbocycles. The van der Waals surface area contributed by atoms with Crippen molar-refractivity contribution in [2.75, 3.05) is 25.4 Å². The number of aromatic nitrogens is 3. The number of ether oxygens (including phenoxy) is 1. The third kappa shape index (κ3) is 2.46. The maximum atomic E-state index is 5.58. The number of nitrogens with one attached hydrogen (secondary N) is 1. The monoisotopic (exact) mass is 214 g/mol. The Labute approximate surface area is 87.2 Å². The molecule has 0 bridgehead atoms. The number of nitrogens with zero attached hydrogens (tertiary/aromatic N) is 3. The Kier molecular flexibility index (Phi) is 3.39. The molecule has 1 aliphatic heterocycles. The van der Waals surface area contributed by atoms with Crippen LogP contribution in [0.25, 0.3) is 0 Å². The molecule has 0 radical (unpaired) electrons. The normalized spacial score (nSPS) is 22.5. The number of morpholine rings is 1. The Morgan fingerprint density at radius 2 is 2.71 bits per heavy atom. The third-order valence-corrected chi connectivity index (χ3v) is 3.24. The maximum Gasteiger partial charge on any atom is 0.185 e. The maximum absolute atomic E-state index is 5.58. The minimum absolute atomic E-state index is 0.297. The first kappa shape index (κ1) is 9.95. The third-order valence-electron chi connectivity index (χ3n) is 2.07. The first-order chi connectivity index (χ1) is 6.86. The second-order valence-electron chi connectivity index (χ2n) is 3.17. The summed E-state index contributed by atoms with van der Waals surface area (Å²) in [5.74, 6) is 0.930. The highest BCUT2D eigenvalue weighted by Crippen LogP contribution is 2.15. The smallest absolute Gasteiger partial charge is 0.185 e. The van der Waals surface area contributed by atoms with Gasteiger partial charge in [0.2, 0.25) is 0 Å². The van der Waals surface area contributed by atoms with Gasteiger partial charge >= 0.3 is 0 Å². The van der Waals surface area contributed by atoms with Crippen molar-refractivity contribution in [3.63, 3.8) is 0 Å². The number of hydrogen-bond acceptors (Lipinski definition) is 5. The van der Waals surface area contributed by atoms with E-state index in [9.17, 15) is 0 Å². The zero-order chi connectivity index (χ0) is 9.80. The van der Waals surface area contributed by atoms with E-state index in [4.69, 9.17) is 4.74 Å². The van der Waals surface area contributed by atoms with Crippen molar-refractivity contribution in [2.24, 2.45) is 7.05 Å². The lowest BCUT2D eigenvalue weighted by Gasteiger charge is -2.22. The standard InChI is InChI=1S/C8H14N4OS/c1-12-8(10-6-11-12)14-5-7-4-9-2-3-13-7/h6-7,9H,2-5H2,1H3. The summed E-state index contributed by atoms with van der Waals surface area (Å²) in [5.41, 5.74) is 0. The van der Waals surface area contributed by atoms with Gasteiger partial charge < -0.3 is 10.1 Å². The van der Waals surface area contributed by atoms with E-state index in [1.54, 1.807) is 22.8 Å². The summed E-state index contributed by atoms with van der Waals surface area (Å²) in [7, 11) is 1.90. The van der Waals surface area contributed by atoms with Gasteiger partial charge in [0, 0.05) is 25.9 Å². The van der Waals surface area contributed by atoms with Gasteiger partial charge in [-0.05, 0) is 0 Å². The van der Waals surface area contributed by atoms with Gasteiger partial charge in [-0.1, -0.05) is 11.8 Å². The molecule has 0 spiro atoms. The number of aryl methyl sites for hydroxylation is 1. The van der Waals surface area contributed by atoms with Gasteiger partial charge in [-0.2, -0.15) is 5.10 Å². The van der Waals surface area contributed by atoms with Crippen molar-refractivity contribution in [3.8, 4) is 0 Å². The lowest BCUT2D eigenvalue weighted by Crippen LogP contribution is -2.39. The first-order valence-corrected chi connectivity index (χ1v) is 5.64. The van der Waals surface area contributed by atoms with Crippen molar-refractivity contribution >= 4 is 11.8 Å². The summed E-state index contributed by atoms with van der Waals surface area (Å²) in [6.45, 7) is 2.71. The van der Waals surface area contributed by atoms with Crippen LogP contribution in [0, 0.1) is 0 Å². The van der Waals surface area contributed by atoms with Crippen LogP contribution in [0.5, 0.6) is 0 Å². The molecule has 1 aliphatic rings. The quantitative estimate of drug-likeness (QED) is 0.712. The lowest BCUT2D eigenvalue weighted by atomic mass is 10.3. The fourth-order valence-electron chi connectivity index (χ4n) is 1.31. The summed E-state index contributed by atoms with van der Waals surface area (Å²) in [6, 6.07) is 0. The highest BCUT2D eigenvalue weighted by atomic mass is 32.2. The zero-order valence-electron chi connectivity index (χ0n) is 8.14. The molecule has 0 amide bonds. The van der Waals surface area contributed by atoms with E-state index >= 15 is 0 Å². The minimum Gasteiger partial charge on any atom is -0.375 e. The second-order valence-corrected chi connectivity index (χ2v) is 4.16. The molecule has 0 aliphatic carbocycles. The molecule has 1 saturated heterocycles. The molecule has 1 aromatic rings. The summed E-state index contributed by atoms with van der Waals surface area (Å²) in [5, 5.41) is 8.25. The van der Waals surface area contributed by atoms with Crippen molar-refractivity contribution < 1.29 is 4.74 Å². The van der Waals surface area contributed by atoms with Crippen LogP contribution in [0.3, 0.4) is 0 Å². The average Bonchev–Trinajstić information content (AvgIpc) is 2.63. The van der Waals surface area contributed by atoms with Gasteiger partial charge in [0.05, 0.1) is 12.7 Å². The number of thioether (sulfide) groups is 1. The molecule has 1 unspecified atom stereocenters. The van der Waals surface area contributed by atoms with Crippen LogP contribution in [0.4, 0.5) is 0 Å². The summed E-state index contributed by atoms with van der Waals surface area (Å²) in [4.78, 5) is 4.14. The summed E-state index contributed by atoms with van der Waals surface area (Å²) < 4.78 is 7.35. The zero-order valence-corrected chi connectivity index (χ0v) is 8.96. The Morgan fingerprint density at radius 1 is 1.79 bits per heavy atom. The van der Waals surface area contributed by atoms with E-state index in [1.165, 1.54) is 0 Å². The van der Waals surface area contributed by atoms with Gasteiger partial charge in [-0.3, -0.25) is 0 Å². The molecule has 6 heteroatoms. The summed E-state index contributed by atoms with van der Waals surface area (Å²) in [6.07, 6.45) is 1.87. The molecule has 1 aromatic heterocycles. The molecule has 5 nitrogen and oxygen atoms in total. The average molecular weight is 214 g/mol. The molecule has 1 fully saturated rings. The molecule has 1 atom stereocenters. The van der Waals surface area contributed by atoms with Crippen LogP contribution in [0.15, 0.2) is 11.5 Å². The van der Waals surface area contributed by atoms with E-state index in [0.29, 0.717) is 6.10 Å². The molecular formula is C8H14N4OS. The van der Waals surface area contributed by atoms with E-state index in [-0.39, 0.29) is 0 Å². The van der Waals surface area contributed by atoms with E-state index in [1.807, 2.05) is 7.05 Å². The lowest BCUT2D eigenvalue weighted by molar-refractivity contribution is 0.0440. The van der Waals surface area contributed by atoms with Crippen molar-refractivity contribution in [2.45, 2.75) is 11.3 Å². The van der Waals surface area contributed by atoms with E-state index < -0.39 is 0 Å². The van der Waals surface area contributed by atoms with Crippen LogP contribution in [0.2, 0.25) is 0 Å². The molecule has 14 heavy (non-hydrogen) atoms. The molecule has 78 valence electrons. The van der Waals surface area contributed by atoms with Crippen molar-refractivity contribution in [3.05, 3.63) is 6.33 Å². The van der Waals surface area contributed by atoms with Crippen LogP contribution in [-0.4, -0.2) is 46.3 Å². The van der Waals surface area contributed by atoms with Crippen LogP contribution < -0.4 is 5.32 Å². The Hall–Kier alpha value is -0.590. The van der Waals surface area contributed by atoms with Crippen LogP contribution in [-0.2, 0) is 11.8 Å². The molecular weight excluding hydrogens is 200 g/mol. The fraction of sp³-hybridized carbons (Fsp3) is 0.750. The Morgan fingerprint density at radius 3 is 3.36 bits per heavy atom. The second kappa shape index (κ2) is 4.77. The first-order valence-electron chi connectivity index (χ1n) is 4.65.